The molecule has 0 spiro atoms. The number of thiophene rings is 1. The maximum absolute atomic E-state index is 12.7. The Bertz CT molecular complexity index is 948. The number of anilines is 1. The third kappa shape index (κ3) is 3.44. The lowest BCUT2D eigenvalue weighted by molar-refractivity contribution is -0.137. The molecule has 0 aliphatic heterocycles. The van der Waals surface area contributed by atoms with Crippen molar-refractivity contribution in [1.82, 2.24) is 10.2 Å². The standard InChI is InChI=1S/C14H10F3N3O2S2/c15-14(16,17)9-3-1-4-10(7-9)24(21,22)20-13-8-11(18-19-13)12-5-2-6-23-12/h1-8H,(H2,18,19,20). The van der Waals surface area contributed by atoms with Gasteiger partial charge in [0.25, 0.3) is 10.0 Å². The molecule has 0 saturated carbocycles. The van der Waals surface area contributed by atoms with Crippen molar-refractivity contribution in [2.24, 2.45) is 0 Å². The van der Waals surface area contributed by atoms with Crippen molar-refractivity contribution in [3.05, 3.63) is 53.4 Å². The highest BCUT2D eigenvalue weighted by molar-refractivity contribution is 7.92. The van der Waals surface area contributed by atoms with Gasteiger partial charge >= 0.3 is 6.18 Å². The molecule has 3 aromatic rings. The highest BCUT2D eigenvalue weighted by atomic mass is 32.2. The van der Waals surface area contributed by atoms with Crippen LogP contribution in [0.2, 0.25) is 0 Å². The SMILES string of the molecule is O=S(=O)(Nc1cc(-c2cccs2)[nH]n1)c1cccc(C(F)(F)F)c1. The Balaban J connectivity index is 1.87. The zero-order valence-corrected chi connectivity index (χ0v) is 13.5. The summed E-state index contributed by atoms with van der Waals surface area (Å²) in [6.45, 7) is 0. The third-order valence-corrected chi connectivity index (χ3v) is 5.33. The molecule has 0 bridgehead atoms. The fourth-order valence-electron chi connectivity index (χ4n) is 1.97. The van der Waals surface area contributed by atoms with E-state index in [1.165, 1.54) is 17.4 Å². The average molecular weight is 373 g/mol. The first kappa shape index (κ1) is 16.5. The highest BCUT2D eigenvalue weighted by Gasteiger charge is 2.31. The molecule has 2 N–H and O–H groups in total. The van der Waals surface area contributed by atoms with Gasteiger partial charge in [0.15, 0.2) is 5.82 Å². The van der Waals surface area contributed by atoms with Crippen LogP contribution in [0.15, 0.2) is 52.7 Å². The summed E-state index contributed by atoms with van der Waals surface area (Å²) in [5.41, 5.74) is -0.432. The van der Waals surface area contributed by atoms with Crippen molar-refractivity contribution in [1.29, 1.82) is 0 Å². The van der Waals surface area contributed by atoms with E-state index in [0.29, 0.717) is 11.8 Å². The van der Waals surface area contributed by atoms with E-state index in [4.69, 9.17) is 0 Å². The number of rotatable bonds is 4. The van der Waals surface area contributed by atoms with Crippen LogP contribution in [0.3, 0.4) is 0 Å². The van der Waals surface area contributed by atoms with Crippen LogP contribution < -0.4 is 4.72 Å². The maximum atomic E-state index is 12.7. The molecule has 0 amide bonds. The van der Waals surface area contributed by atoms with E-state index in [1.807, 2.05) is 17.5 Å². The van der Waals surface area contributed by atoms with Gasteiger partial charge in [-0.25, -0.2) is 8.42 Å². The molecule has 3 rings (SSSR count). The van der Waals surface area contributed by atoms with Crippen LogP contribution in [-0.2, 0) is 16.2 Å². The van der Waals surface area contributed by atoms with Gasteiger partial charge in [0.05, 0.1) is 21.0 Å². The third-order valence-electron chi connectivity index (χ3n) is 3.08. The first-order chi connectivity index (χ1) is 11.3. The normalized spacial score (nSPS) is 12.3. The summed E-state index contributed by atoms with van der Waals surface area (Å²) in [6, 6.07) is 8.63. The molecule has 0 fully saturated rings. The van der Waals surface area contributed by atoms with E-state index in [0.717, 1.165) is 23.1 Å². The van der Waals surface area contributed by atoms with Gasteiger partial charge in [0, 0.05) is 6.07 Å². The molecule has 126 valence electrons. The largest absolute Gasteiger partial charge is 0.416 e. The zero-order valence-electron chi connectivity index (χ0n) is 11.8. The van der Waals surface area contributed by atoms with Crippen molar-refractivity contribution in [2.75, 3.05) is 4.72 Å². The van der Waals surface area contributed by atoms with Crippen LogP contribution in [0.4, 0.5) is 19.0 Å². The fraction of sp³-hybridized carbons (Fsp3) is 0.0714. The van der Waals surface area contributed by atoms with Gasteiger partial charge in [-0.15, -0.1) is 11.3 Å². The van der Waals surface area contributed by atoms with Gasteiger partial charge in [-0.2, -0.15) is 18.3 Å². The number of nitrogens with one attached hydrogen (secondary N) is 2. The summed E-state index contributed by atoms with van der Waals surface area (Å²) >= 11 is 1.43. The number of halogens is 3. The predicted octanol–water partition coefficient (Wildman–Crippen LogP) is 3.96. The number of hydrogen-bond acceptors (Lipinski definition) is 4. The van der Waals surface area contributed by atoms with Gasteiger partial charge in [-0.1, -0.05) is 12.1 Å². The van der Waals surface area contributed by atoms with E-state index < -0.39 is 26.7 Å². The molecule has 0 aliphatic rings. The summed E-state index contributed by atoms with van der Waals surface area (Å²) in [7, 11) is -4.18. The van der Waals surface area contributed by atoms with E-state index in [9.17, 15) is 21.6 Å². The van der Waals surface area contributed by atoms with Gasteiger partial charge in [0.1, 0.15) is 0 Å². The molecule has 0 atom stereocenters. The lowest BCUT2D eigenvalue weighted by atomic mass is 10.2. The molecule has 0 radical (unpaired) electrons. The molecule has 24 heavy (non-hydrogen) atoms. The lowest BCUT2D eigenvalue weighted by Crippen LogP contribution is -2.14. The number of hydrogen-bond donors (Lipinski definition) is 2. The topological polar surface area (TPSA) is 74.8 Å². The van der Waals surface area contributed by atoms with Crippen LogP contribution in [0.1, 0.15) is 5.56 Å². The molecule has 0 aliphatic carbocycles. The molecule has 2 aromatic heterocycles. The summed E-state index contributed by atoms with van der Waals surface area (Å²) in [5, 5.41) is 8.34. The van der Waals surface area contributed by atoms with Crippen LogP contribution in [0.5, 0.6) is 0 Å². The quantitative estimate of drug-likeness (QED) is 0.727. The number of alkyl halides is 3. The maximum Gasteiger partial charge on any atom is 0.416 e. The predicted molar refractivity (Wildman–Crippen MR) is 84.2 cm³/mol. The number of sulfonamides is 1. The molecule has 10 heteroatoms. The first-order valence-corrected chi connectivity index (χ1v) is 8.91. The monoisotopic (exact) mass is 373 g/mol. The van der Waals surface area contributed by atoms with Crippen LogP contribution in [0, 0.1) is 0 Å². The van der Waals surface area contributed by atoms with Gasteiger partial charge in [-0.05, 0) is 29.6 Å². The molecular weight excluding hydrogens is 363 g/mol. The van der Waals surface area contributed by atoms with Crippen molar-refractivity contribution < 1.29 is 21.6 Å². The molecule has 0 saturated heterocycles. The Morgan fingerprint density at radius 2 is 1.92 bits per heavy atom. The zero-order chi connectivity index (χ0) is 17.4. The van der Waals surface area contributed by atoms with E-state index in [1.54, 1.807) is 0 Å². The minimum absolute atomic E-state index is 0.00388. The summed E-state index contributed by atoms with van der Waals surface area (Å²) in [6.07, 6.45) is -4.62. The van der Waals surface area contributed by atoms with Crippen LogP contribution in [0.25, 0.3) is 10.6 Å². The van der Waals surface area contributed by atoms with Gasteiger partial charge in [-0.3, -0.25) is 9.82 Å². The lowest BCUT2D eigenvalue weighted by Gasteiger charge is -2.09. The number of aromatic amines is 1. The molecule has 1 aromatic carbocycles. The second kappa shape index (κ2) is 5.95. The Morgan fingerprint density at radius 3 is 2.58 bits per heavy atom. The molecule has 5 nitrogen and oxygen atoms in total. The summed E-state index contributed by atoms with van der Waals surface area (Å²) in [5.74, 6) is -0.00388. The number of benzene rings is 1. The number of aromatic nitrogens is 2. The first-order valence-electron chi connectivity index (χ1n) is 6.55. The fourth-order valence-corrected chi connectivity index (χ4v) is 3.70. The van der Waals surface area contributed by atoms with Crippen molar-refractivity contribution in [2.45, 2.75) is 11.1 Å². The van der Waals surface area contributed by atoms with Crippen molar-refractivity contribution in [3.63, 3.8) is 0 Å². The Labute approximate surface area is 139 Å². The van der Waals surface area contributed by atoms with E-state index >= 15 is 0 Å². The van der Waals surface area contributed by atoms with Crippen molar-refractivity contribution >= 4 is 27.2 Å². The molecular formula is C14H10F3N3O2S2. The Hall–Kier alpha value is -2.33. The number of nitrogens with zero attached hydrogens (tertiary/aromatic N) is 1. The second-order valence-corrected chi connectivity index (χ2v) is 7.41. The second-order valence-electron chi connectivity index (χ2n) is 4.78. The summed E-state index contributed by atoms with van der Waals surface area (Å²) < 4.78 is 64.8. The smallest absolute Gasteiger partial charge is 0.275 e. The minimum Gasteiger partial charge on any atom is -0.275 e. The minimum atomic E-state index is -4.62. The van der Waals surface area contributed by atoms with Crippen LogP contribution >= 0.6 is 11.3 Å². The van der Waals surface area contributed by atoms with Gasteiger partial charge in [0.2, 0.25) is 0 Å². The average Bonchev–Trinajstić information content (AvgIpc) is 3.17. The van der Waals surface area contributed by atoms with Crippen molar-refractivity contribution in [3.8, 4) is 10.6 Å². The van der Waals surface area contributed by atoms with Gasteiger partial charge < -0.3 is 0 Å². The molecule has 2 heterocycles. The Kier molecular flexibility index (Phi) is 4.10. The highest BCUT2D eigenvalue weighted by Crippen LogP contribution is 2.31. The van der Waals surface area contributed by atoms with E-state index in [2.05, 4.69) is 14.9 Å². The molecule has 0 unspecified atom stereocenters. The summed E-state index contributed by atoms with van der Waals surface area (Å²) in [4.78, 5) is 0.366. The van der Waals surface area contributed by atoms with Crippen LogP contribution in [-0.4, -0.2) is 18.6 Å². The number of H-pyrrole nitrogens is 1. The van der Waals surface area contributed by atoms with E-state index in [-0.39, 0.29) is 5.82 Å². The Morgan fingerprint density at radius 1 is 1.12 bits per heavy atom.